The predicted octanol–water partition coefficient (Wildman–Crippen LogP) is 5.85. The van der Waals surface area contributed by atoms with E-state index in [-0.39, 0.29) is 34.8 Å². The number of unbranched alkanes of at least 4 members (excludes halogenated alkanes) is 5. The molecule has 2 aromatic rings. The zero-order valence-corrected chi connectivity index (χ0v) is 19.1. The maximum atomic E-state index is 12.1. The van der Waals surface area contributed by atoms with Gasteiger partial charge in [-0.1, -0.05) is 46.0 Å². The Morgan fingerprint density at radius 2 is 1.36 bits per heavy atom. The number of benzene rings is 2. The summed E-state index contributed by atoms with van der Waals surface area (Å²) in [6.45, 7) is 4.04. The molecule has 0 aliphatic carbocycles. The Bertz CT molecular complexity index is 997. The van der Waals surface area contributed by atoms with Crippen molar-refractivity contribution in [3.05, 3.63) is 40.5 Å². The Labute approximate surface area is 193 Å². The van der Waals surface area contributed by atoms with Crippen molar-refractivity contribution in [1.82, 2.24) is 0 Å². The molecule has 0 radical (unpaired) electrons. The van der Waals surface area contributed by atoms with Crippen LogP contribution in [0.5, 0.6) is 28.7 Å². The molecule has 8 nitrogen and oxygen atoms in total. The molecule has 0 aliphatic heterocycles. The van der Waals surface area contributed by atoms with Gasteiger partial charge in [0.05, 0.1) is 0 Å². The number of phenolic OH excluding ortho intramolecular Hbond substituents is 2. The summed E-state index contributed by atoms with van der Waals surface area (Å²) in [4.78, 5) is 23.9. The smallest absolute Gasteiger partial charge is 0.339 e. The van der Waals surface area contributed by atoms with Crippen LogP contribution >= 0.6 is 0 Å². The van der Waals surface area contributed by atoms with Gasteiger partial charge in [0, 0.05) is 17.7 Å². The summed E-state index contributed by atoms with van der Waals surface area (Å²) in [5.41, 5.74) is -0.112. The van der Waals surface area contributed by atoms with Crippen LogP contribution in [-0.2, 0) is 12.8 Å². The van der Waals surface area contributed by atoms with Crippen molar-refractivity contribution in [3.8, 4) is 28.7 Å². The van der Waals surface area contributed by atoms with E-state index in [2.05, 4.69) is 6.92 Å². The second-order valence-electron chi connectivity index (χ2n) is 8.06. The molecule has 5 N–H and O–H groups in total. The molecule has 0 heterocycles. The van der Waals surface area contributed by atoms with Crippen LogP contribution in [0.1, 0.15) is 90.6 Å². The lowest BCUT2D eigenvalue weighted by molar-refractivity contribution is 0.0679. The van der Waals surface area contributed by atoms with Crippen LogP contribution < -0.4 is 4.74 Å². The maximum Gasteiger partial charge on any atom is 0.339 e. The normalized spacial score (nSPS) is 10.8. The lowest BCUT2D eigenvalue weighted by Gasteiger charge is -2.19. The van der Waals surface area contributed by atoms with Gasteiger partial charge in [-0.3, -0.25) is 0 Å². The Hall–Kier alpha value is -3.42. The van der Waals surface area contributed by atoms with Crippen molar-refractivity contribution < 1.29 is 39.9 Å². The minimum Gasteiger partial charge on any atom is -0.508 e. The number of carboxylic acids is 2. The highest BCUT2D eigenvalue weighted by Crippen LogP contribution is 2.43. The third kappa shape index (κ3) is 6.54. The Balaban J connectivity index is 2.59. The van der Waals surface area contributed by atoms with Crippen molar-refractivity contribution in [3.63, 3.8) is 0 Å². The number of hydrogen-bond acceptors (Lipinski definition) is 6. The van der Waals surface area contributed by atoms with E-state index in [1.165, 1.54) is 6.07 Å². The quantitative estimate of drug-likeness (QED) is 0.234. The number of phenols is 3. The molecule has 2 aromatic carbocycles. The van der Waals surface area contributed by atoms with E-state index in [1.807, 2.05) is 6.92 Å². The summed E-state index contributed by atoms with van der Waals surface area (Å²) in [5, 5.41) is 50.3. The van der Waals surface area contributed by atoms with Gasteiger partial charge in [0.1, 0.15) is 28.4 Å². The van der Waals surface area contributed by atoms with E-state index in [1.54, 1.807) is 0 Å². The summed E-state index contributed by atoms with van der Waals surface area (Å²) in [6.07, 6.45) is 6.48. The van der Waals surface area contributed by atoms with Crippen molar-refractivity contribution in [2.45, 2.75) is 71.6 Å². The average Bonchev–Trinajstić information content (AvgIpc) is 2.73. The molecule has 0 atom stereocenters. The van der Waals surface area contributed by atoms with Crippen molar-refractivity contribution in [2.75, 3.05) is 0 Å². The fourth-order valence-corrected chi connectivity index (χ4v) is 3.86. The van der Waals surface area contributed by atoms with Crippen LogP contribution in [0.2, 0.25) is 0 Å². The predicted molar refractivity (Wildman–Crippen MR) is 123 cm³/mol. The number of aryl methyl sites for hydroxylation is 1. The molecular weight excluding hydrogens is 428 g/mol. The molecule has 0 amide bonds. The van der Waals surface area contributed by atoms with E-state index < -0.39 is 29.0 Å². The largest absolute Gasteiger partial charge is 0.508 e. The molecule has 0 fully saturated rings. The first-order valence-electron chi connectivity index (χ1n) is 11.3. The second kappa shape index (κ2) is 12.0. The maximum absolute atomic E-state index is 12.1. The number of hydrogen-bond donors (Lipinski definition) is 5. The molecule has 0 unspecified atom stereocenters. The number of carboxylic acid groups (broad SMARTS) is 2. The van der Waals surface area contributed by atoms with Gasteiger partial charge < -0.3 is 30.3 Å². The number of aromatic hydroxyl groups is 3. The van der Waals surface area contributed by atoms with E-state index >= 15 is 0 Å². The van der Waals surface area contributed by atoms with Crippen molar-refractivity contribution >= 4 is 11.9 Å². The average molecular weight is 461 g/mol. The van der Waals surface area contributed by atoms with Gasteiger partial charge in [0.2, 0.25) is 0 Å². The van der Waals surface area contributed by atoms with Gasteiger partial charge in [0.15, 0.2) is 11.5 Å². The van der Waals surface area contributed by atoms with Gasteiger partial charge >= 0.3 is 11.9 Å². The Morgan fingerprint density at radius 3 is 1.97 bits per heavy atom. The molecule has 180 valence electrons. The molecule has 0 aliphatic rings. The number of ether oxygens (including phenoxy) is 1. The zero-order valence-electron chi connectivity index (χ0n) is 19.1. The molecule has 0 aromatic heterocycles. The Kier molecular flexibility index (Phi) is 9.39. The van der Waals surface area contributed by atoms with Crippen LogP contribution in [0.25, 0.3) is 0 Å². The van der Waals surface area contributed by atoms with Gasteiger partial charge in [-0.15, -0.1) is 0 Å². The fourth-order valence-electron chi connectivity index (χ4n) is 3.86. The SMILES string of the molecule is CCCCCCc1cc(O)cc(Oc2c(O)cc(O)c(C(=O)O)c2CCCCC)c1C(=O)O. The first-order chi connectivity index (χ1) is 15.7. The third-order valence-corrected chi connectivity index (χ3v) is 5.48. The molecule has 8 heteroatoms. The van der Waals surface area contributed by atoms with E-state index in [0.29, 0.717) is 18.4 Å². The molecule has 0 spiro atoms. The molecular formula is C25H32O8. The monoisotopic (exact) mass is 460 g/mol. The van der Waals surface area contributed by atoms with Crippen molar-refractivity contribution in [1.29, 1.82) is 0 Å². The molecule has 0 saturated carbocycles. The molecule has 0 saturated heterocycles. The third-order valence-electron chi connectivity index (χ3n) is 5.48. The highest BCUT2D eigenvalue weighted by molar-refractivity contribution is 5.95. The van der Waals surface area contributed by atoms with Crippen LogP contribution in [0.3, 0.4) is 0 Å². The summed E-state index contributed by atoms with van der Waals surface area (Å²) in [5.74, 6) is -4.44. The van der Waals surface area contributed by atoms with E-state index in [9.17, 15) is 35.1 Å². The van der Waals surface area contributed by atoms with Gasteiger partial charge in [-0.05, 0) is 37.3 Å². The highest BCUT2D eigenvalue weighted by atomic mass is 16.5. The lowest BCUT2D eigenvalue weighted by Crippen LogP contribution is -2.09. The summed E-state index contributed by atoms with van der Waals surface area (Å²) >= 11 is 0. The van der Waals surface area contributed by atoms with E-state index in [0.717, 1.165) is 50.7 Å². The van der Waals surface area contributed by atoms with E-state index in [4.69, 9.17) is 4.74 Å². The lowest BCUT2D eigenvalue weighted by atomic mass is 9.97. The molecule has 2 rings (SSSR count). The summed E-state index contributed by atoms with van der Waals surface area (Å²) < 4.78 is 5.79. The topological polar surface area (TPSA) is 145 Å². The van der Waals surface area contributed by atoms with Crippen LogP contribution in [0.15, 0.2) is 18.2 Å². The van der Waals surface area contributed by atoms with Gasteiger partial charge in [-0.2, -0.15) is 0 Å². The summed E-state index contributed by atoms with van der Waals surface area (Å²) in [6, 6.07) is 3.36. The van der Waals surface area contributed by atoms with Crippen LogP contribution in [0.4, 0.5) is 0 Å². The second-order valence-corrected chi connectivity index (χ2v) is 8.06. The number of rotatable bonds is 13. The Morgan fingerprint density at radius 1 is 0.758 bits per heavy atom. The van der Waals surface area contributed by atoms with Gasteiger partial charge in [0.25, 0.3) is 0 Å². The highest BCUT2D eigenvalue weighted by Gasteiger charge is 2.26. The van der Waals surface area contributed by atoms with Crippen molar-refractivity contribution in [2.24, 2.45) is 0 Å². The molecule has 33 heavy (non-hydrogen) atoms. The first-order valence-corrected chi connectivity index (χ1v) is 11.3. The number of carbonyl (C=O) groups is 2. The minimum absolute atomic E-state index is 0.0672. The standard InChI is InChI=1S/C25H32O8/c1-3-5-7-9-10-15-12-16(26)13-20(21(15)24(29)30)33-23-17(11-8-6-4-2)22(25(31)32)18(27)14-19(23)28/h12-14,26-28H,3-11H2,1-2H3,(H,29,30)(H,31,32). The van der Waals surface area contributed by atoms with Gasteiger partial charge in [-0.25, -0.2) is 9.59 Å². The summed E-state index contributed by atoms with van der Waals surface area (Å²) in [7, 11) is 0. The fraction of sp³-hybridized carbons (Fsp3) is 0.440. The van der Waals surface area contributed by atoms with Crippen LogP contribution in [0, 0.1) is 0 Å². The zero-order chi connectivity index (χ0) is 24.5. The number of aromatic carboxylic acids is 2. The van der Waals surface area contributed by atoms with Crippen LogP contribution in [-0.4, -0.2) is 37.5 Å². The minimum atomic E-state index is -1.39. The first kappa shape index (κ1) is 25.8. The molecule has 0 bridgehead atoms.